The number of unbranched alkanes of at least 4 members (excludes halogenated alkanes) is 20. The number of carbonyl (C=O) groups is 2. The molecule has 2 aromatic rings. The average Bonchev–Trinajstić information content (AvgIpc) is 3.69. The SMILES string of the molecule is CCCCCCCCCCCCCCCC(=O)OCC[C@H](COP(=O)(O)OCC[N+](C)(C)C)OC(=O)CCCCCCCCCCCNc1ccc([N+](=O)[O-])c2nonc12. The van der Waals surface area contributed by atoms with Crippen LogP contribution in [0, 0.1) is 10.1 Å². The maximum absolute atomic E-state index is 12.8. The monoisotopic (exact) mass is 871 g/mol. The highest BCUT2D eigenvalue weighted by molar-refractivity contribution is 7.47. The zero-order valence-electron chi connectivity index (χ0n) is 37.2. The summed E-state index contributed by atoms with van der Waals surface area (Å²) in [5.41, 5.74) is 1.01. The van der Waals surface area contributed by atoms with Crippen molar-refractivity contribution in [2.75, 3.05) is 59.4 Å². The van der Waals surface area contributed by atoms with Crippen molar-refractivity contribution in [3.63, 3.8) is 0 Å². The molecule has 0 bridgehead atoms. The van der Waals surface area contributed by atoms with Gasteiger partial charge in [0.15, 0.2) is 5.52 Å². The van der Waals surface area contributed by atoms with Crippen LogP contribution in [0.5, 0.6) is 0 Å². The first-order chi connectivity index (χ1) is 28.8. The molecule has 0 aliphatic heterocycles. The second kappa shape index (κ2) is 31.6. The van der Waals surface area contributed by atoms with Crippen LogP contribution in [0.25, 0.3) is 11.0 Å². The Kier molecular flexibility index (Phi) is 27.9. The molecule has 0 aliphatic rings. The molecular formula is C43H77N5O11P+. The van der Waals surface area contributed by atoms with Crippen molar-refractivity contribution < 1.29 is 51.6 Å². The minimum absolute atomic E-state index is 0.0109. The first-order valence-corrected chi connectivity index (χ1v) is 24.2. The molecule has 1 aromatic heterocycles. The standard InChI is InChI=1S/C43H76N5O11P/c1-5-6-7-8-9-10-11-12-13-15-18-21-24-27-40(49)55-34-31-37(36-57-60(53,54)56-35-33-48(2,3)4)58-41(50)28-25-22-19-16-14-17-20-23-26-32-44-38-29-30-39(47(51)52)43-42(38)45-59-46-43/h29-30,37H,5-28,31-36H2,1-4H3,(H-,44,46,53,54)/p+1/t37-/m1/s1. The maximum atomic E-state index is 12.8. The summed E-state index contributed by atoms with van der Waals surface area (Å²) in [6, 6.07) is 3.02. The van der Waals surface area contributed by atoms with Crippen LogP contribution in [-0.2, 0) is 32.7 Å². The van der Waals surface area contributed by atoms with E-state index < -0.39 is 24.8 Å². The van der Waals surface area contributed by atoms with Gasteiger partial charge >= 0.3 is 25.4 Å². The van der Waals surface area contributed by atoms with Crippen molar-refractivity contribution in [1.82, 2.24) is 10.3 Å². The average molecular weight is 871 g/mol. The van der Waals surface area contributed by atoms with Crippen molar-refractivity contribution in [1.29, 1.82) is 0 Å². The Hall–Kier alpha value is -3.17. The van der Waals surface area contributed by atoms with E-state index in [2.05, 4.69) is 22.6 Å². The predicted octanol–water partition coefficient (Wildman–Crippen LogP) is 10.6. The minimum atomic E-state index is -4.38. The number of aromatic nitrogens is 2. The molecule has 0 amide bonds. The van der Waals surface area contributed by atoms with Crippen LogP contribution in [0.2, 0.25) is 0 Å². The molecule has 0 saturated carbocycles. The van der Waals surface area contributed by atoms with E-state index in [0.29, 0.717) is 41.6 Å². The molecular weight excluding hydrogens is 793 g/mol. The summed E-state index contributed by atoms with van der Waals surface area (Å²) in [7, 11) is 1.44. The summed E-state index contributed by atoms with van der Waals surface area (Å²) >= 11 is 0. The normalized spacial score (nSPS) is 13.3. The number of non-ortho nitro benzene ring substituents is 1. The molecule has 17 heteroatoms. The van der Waals surface area contributed by atoms with Gasteiger partial charge in [-0.2, -0.15) is 0 Å². The van der Waals surface area contributed by atoms with Crippen LogP contribution in [0.1, 0.15) is 167 Å². The van der Waals surface area contributed by atoms with Crippen LogP contribution in [0.15, 0.2) is 16.8 Å². The van der Waals surface area contributed by atoms with Gasteiger partial charge in [-0.05, 0) is 35.6 Å². The van der Waals surface area contributed by atoms with E-state index in [9.17, 15) is 29.2 Å². The lowest BCUT2D eigenvalue weighted by Gasteiger charge is -2.24. The lowest BCUT2D eigenvalue weighted by molar-refractivity contribution is -0.870. The van der Waals surface area contributed by atoms with Crippen molar-refractivity contribution >= 4 is 42.2 Å². The fraction of sp³-hybridized carbons (Fsp3) is 0.814. The highest BCUT2D eigenvalue weighted by atomic mass is 31.2. The third-order valence-corrected chi connectivity index (χ3v) is 11.4. The number of phosphoric ester groups is 1. The van der Waals surface area contributed by atoms with Gasteiger partial charge in [0.25, 0.3) is 0 Å². The van der Waals surface area contributed by atoms with Gasteiger partial charge in [-0.1, -0.05) is 129 Å². The van der Waals surface area contributed by atoms with E-state index in [1.807, 2.05) is 21.1 Å². The van der Waals surface area contributed by atoms with E-state index in [-0.39, 0.29) is 49.8 Å². The van der Waals surface area contributed by atoms with Gasteiger partial charge in [-0.25, -0.2) is 9.19 Å². The molecule has 0 aliphatic carbocycles. The number of likely N-dealkylation sites (N-methyl/N-ethyl adjacent to an activating group) is 1. The fourth-order valence-electron chi connectivity index (χ4n) is 6.73. The lowest BCUT2D eigenvalue weighted by Crippen LogP contribution is -2.37. The number of anilines is 1. The fourth-order valence-corrected chi connectivity index (χ4v) is 7.47. The Bertz CT molecular complexity index is 1520. The van der Waals surface area contributed by atoms with Crippen molar-refractivity contribution in [3.8, 4) is 0 Å². The van der Waals surface area contributed by atoms with E-state index in [1.165, 1.54) is 70.3 Å². The first-order valence-electron chi connectivity index (χ1n) is 22.7. The number of benzene rings is 1. The van der Waals surface area contributed by atoms with Crippen LogP contribution in [-0.4, -0.2) is 96.7 Å². The lowest BCUT2D eigenvalue weighted by atomic mass is 10.0. The van der Waals surface area contributed by atoms with E-state index in [1.54, 1.807) is 6.07 Å². The number of fused-ring (bicyclic) bond motifs is 1. The van der Waals surface area contributed by atoms with Crippen molar-refractivity contribution in [2.45, 2.75) is 174 Å². The molecule has 16 nitrogen and oxygen atoms in total. The number of ether oxygens (including phenoxy) is 2. The van der Waals surface area contributed by atoms with E-state index in [0.717, 1.165) is 70.6 Å². The molecule has 1 unspecified atom stereocenters. The molecule has 0 fully saturated rings. The summed E-state index contributed by atoms with van der Waals surface area (Å²) in [4.78, 5) is 46.0. The second-order valence-corrected chi connectivity index (χ2v) is 18.4. The van der Waals surface area contributed by atoms with Gasteiger partial charge in [0.2, 0.25) is 5.52 Å². The molecule has 2 N–H and O–H groups in total. The van der Waals surface area contributed by atoms with Gasteiger partial charge in [-0.15, -0.1) is 0 Å². The summed E-state index contributed by atoms with van der Waals surface area (Å²) in [6.45, 7) is 3.13. The second-order valence-electron chi connectivity index (χ2n) is 16.9. The number of nitro benzene ring substituents is 1. The molecule has 1 aromatic carbocycles. The van der Waals surface area contributed by atoms with Gasteiger partial charge < -0.3 is 24.2 Å². The zero-order valence-corrected chi connectivity index (χ0v) is 38.1. The highest BCUT2D eigenvalue weighted by Gasteiger charge is 2.26. The third-order valence-electron chi connectivity index (χ3n) is 10.4. The number of phosphoric acid groups is 1. The number of nitro groups is 1. The molecule has 2 rings (SSSR count). The van der Waals surface area contributed by atoms with Crippen molar-refractivity contribution in [2.24, 2.45) is 0 Å². The first kappa shape index (κ1) is 53.0. The number of hydrogen-bond acceptors (Lipinski definition) is 13. The van der Waals surface area contributed by atoms with Gasteiger partial charge in [-0.3, -0.25) is 28.8 Å². The number of nitrogens with zero attached hydrogens (tertiary/aromatic N) is 4. The predicted molar refractivity (Wildman–Crippen MR) is 234 cm³/mol. The van der Waals surface area contributed by atoms with Crippen LogP contribution >= 0.6 is 7.82 Å². The zero-order chi connectivity index (χ0) is 43.9. The number of esters is 2. The number of rotatable bonds is 39. The van der Waals surface area contributed by atoms with Crippen LogP contribution in [0.4, 0.5) is 11.4 Å². The van der Waals surface area contributed by atoms with Crippen LogP contribution in [0.3, 0.4) is 0 Å². The van der Waals surface area contributed by atoms with E-state index in [4.69, 9.17) is 23.2 Å². The largest absolute Gasteiger partial charge is 0.472 e. The molecule has 0 spiro atoms. The molecule has 60 heavy (non-hydrogen) atoms. The number of quaternary nitrogens is 1. The number of carbonyl (C=O) groups excluding carboxylic acids is 2. The summed E-state index contributed by atoms with van der Waals surface area (Å²) in [5, 5.41) is 21.9. The van der Waals surface area contributed by atoms with Crippen LogP contribution < -0.4 is 5.32 Å². The third kappa shape index (κ3) is 26.2. The van der Waals surface area contributed by atoms with Crippen molar-refractivity contribution in [3.05, 3.63) is 22.2 Å². The minimum Gasteiger partial charge on any atom is -0.466 e. The Morgan fingerprint density at radius 1 is 0.767 bits per heavy atom. The number of hydrogen-bond donors (Lipinski definition) is 2. The Morgan fingerprint density at radius 3 is 1.83 bits per heavy atom. The molecule has 344 valence electrons. The smallest absolute Gasteiger partial charge is 0.466 e. The summed E-state index contributed by atoms with van der Waals surface area (Å²) < 4.78 is 39.2. The van der Waals surface area contributed by atoms with Gasteiger partial charge in [0.05, 0.1) is 45.0 Å². The molecule has 1 heterocycles. The van der Waals surface area contributed by atoms with Gasteiger partial charge in [0, 0.05) is 31.9 Å². The topological polar surface area (TPSA) is 202 Å². The number of nitrogens with one attached hydrogen (secondary N) is 1. The maximum Gasteiger partial charge on any atom is 0.472 e. The van der Waals surface area contributed by atoms with Gasteiger partial charge in [0.1, 0.15) is 19.3 Å². The Labute approximate surface area is 358 Å². The highest BCUT2D eigenvalue weighted by Crippen LogP contribution is 2.43. The molecule has 0 saturated heterocycles. The summed E-state index contributed by atoms with van der Waals surface area (Å²) in [5.74, 6) is -0.729. The molecule has 2 atom stereocenters. The summed E-state index contributed by atoms with van der Waals surface area (Å²) in [6.07, 6.45) is 24.7. The quantitative estimate of drug-likeness (QED) is 0.0160. The molecule has 0 radical (unpaired) electrons. The Morgan fingerprint density at radius 2 is 1.28 bits per heavy atom. The van der Waals surface area contributed by atoms with E-state index >= 15 is 0 Å². The Balaban J connectivity index is 1.59.